The molecule has 0 unspecified atom stereocenters. The summed E-state index contributed by atoms with van der Waals surface area (Å²) in [5, 5.41) is 6.24. The Morgan fingerprint density at radius 2 is 1.83 bits per heavy atom. The van der Waals surface area contributed by atoms with Crippen LogP contribution in [0.15, 0.2) is 18.2 Å². The van der Waals surface area contributed by atoms with Crippen LogP contribution in [0.5, 0.6) is 0 Å². The first kappa shape index (κ1) is 20.5. The first-order valence-corrected chi connectivity index (χ1v) is 10.8. The van der Waals surface area contributed by atoms with Crippen LogP contribution >= 0.6 is 0 Å². The molecular formula is C21H30N8O. The van der Waals surface area contributed by atoms with E-state index in [9.17, 15) is 4.79 Å². The quantitative estimate of drug-likeness (QED) is 0.746. The summed E-state index contributed by atoms with van der Waals surface area (Å²) in [6.07, 6.45) is 5.16. The average molecular weight is 411 g/mol. The van der Waals surface area contributed by atoms with Crippen molar-refractivity contribution < 1.29 is 4.79 Å². The summed E-state index contributed by atoms with van der Waals surface area (Å²) in [6, 6.07) is 5.63. The third-order valence-electron chi connectivity index (χ3n) is 5.68. The molecule has 30 heavy (non-hydrogen) atoms. The number of hydrogen-bond donors (Lipinski definition) is 2. The van der Waals surface area contributed by atoms with Gasteiger partial charge in [-0.2, -0.15) is 15.0 Å². The van der Waals surface area contributed by atoms with Crippen molar-refractivity contribution in [2.45, 2.75) is 45.1 Å². The monoisotopic (exact) mass is 410 g/mol. The van der Waals surface area contributed by atoms with Crippen molar-refractivity contribution >= 4 is 23.6 Å². The maximum Gasteiger partial charge on any atom is 0.270 e. The minimum atomic E-state index is -0.131. The van der Waals surface area contributed by atoms with Crippen molar-refractivity contribution in [3.8, 4) is 0 Å². The molecule has 2 fully saturated rings. The molecule has 2 aromatic heterocycles. The predicted molar refractivity (Wildman–Crippen MR) is 116 cm³/mol. The van der Waals surface area contributed by atoms with Gasteiger partial charge in [0.1, 0.15) is 17.3 Å². The van der Waals surface area contributed by atoms with E-state index in [1.165, 1.54) is 12.8 Å². The lowest BCUT2D eigenvalue weighted by Crippen LogP contribution is -2.45. The van der Waals surface area contributed by atoms with Crippen molar-refractivity contribution in [1.29, 1.82) is 0 Å². The zero-order valence-electron chi connectivity index (χ0n) is 17.8. The fourth-order valence-corrected chi connectivity index (χ4v) is 3.84. The lowest BCUT2D eigenvalue weighted by atomic mass is 10.2. The van der Waals surface area contributed by atoms with Gasteiger partial charge >= 0.3 is 0 Å². The van der Waals surface area contributed by atoms with Crippen molar-refractivity contribution in [3.63, 3.8) is 0 Å². The zero-order chi connectivity index (χ0) is 20.9. The minimum Gasteiger partial charge on any atom is -0.348 e. The molecule has 2 aromatic rings. The third kappa shape index (κ3) is 5.02. The number of anilines is 3. The van der Waals surface area contributed by atoms with Gasteiger partial charge in [-0.3, -0.25) is 4.79 Å². The Kier molecular flexibility index (Phi) is 6.37. The molecule has 1 saturated heterocycles. The van der Waals surface area contributed by atoms with Crippen molar-refractivity contribution in [2.75, 3.05) is 43.4 Å². The van der Waals surface area contributed by atoms with Gasteiger partial charge in [-0.1, -0.05) is 25.8 Å². The Bertz CT molecular complexity index is 875. The molecule has 1 aliphatic carbocycles. The molecule has 1 saturated carbocycles. The van der Waals surface area contributed by atoms with Gasteiger partial charge in [0.05, 0.1) is 0 Å². The smallest absolute Gasteiger partial charge is 0.270 e. The number of aryl methyl sites for hydroxylation is 1. The SMILES string of the molecule is CCc1nc(Nc2cccc(C(=O)NC3CCCC3)n2)nc(N2CCN(C)CC2)n1. The molecule has 1 aliphatic heterocycles. The topological polar surface area (TPSA) is 99.2 Å². The first-order chi connectivity index (χ1) is 14.6. The summed E-state index contributed by atoms with van der Waals surface area (Å²) in [6.45, 7) is 5.76. The molecule has 0 aromatic carbocycles. The highest BCUT2D eigenvalue weighted by Crippen LogP contribution is 2.19. The van der Waals surface area contributed by atoms with Gasteiger partial charge in [-0.15, -0.1) is 0 Å². The van der Waals surface area contributed by atoms with Gasteiger partial charge in [0.25, 0.3) is 5.91 Å². The number of nitrogens with zero attached hydrogens (tertiary/aromatic N) is 6. The Morgan fingerprint density at radius 1 is 1.07 bits per heavy atom. The average Bonchev–Trinajstić information content (AvgIpc) is 3.27. The number of nitrogens with one attached hydrogen (secondary N) is 2. The van der Waals surface area contributed by atoms with E-state index in [1.807, 2.05) is 19.1 Å². The molecule has 9 nitrogen and oxygen atoms in total. The fourth-order valence-electron chi connectivity index (χ4n) is 3.84. The van der Waals surface area contributed by atoms with Crippen molar-refractivity contribution in [3.05, 3.63) is 29.7 Å². The number of hydrogen-bond acceptors (Lipinski definition) is 8. The first-order valence-electron chi connectivity index (χ1n) is 10.8. The van der Waals surface area contributed by atoms with E-state index in [4.69, 9.17) is 0 Å². The molecule has 9 heteroatoms. The number of likely N-dealkylation sites (N-methyl/N-ethyl adjacent to an activating group) is 1. The normalized spacial score (nSPS) is 17.9. The van der Waals surface area contributed by atoms with Gasteiger partial charge in [0, 0.05) is 38.6 Å². The van der Waals surface area contributed by atoms with Crippen LogP contribution in [0.3, 0.4) is 0 Å². The van der Waals surface area contributed by atoms with E-state index in [2.05, 4.69) is 47.4 Å². The van der Waals surface area contributed by atoms with E-state index >= 15 is 0 Å². The third-order valence-corrected chi connectivity index (χ3v) is 5.68. The van der Waals surface area contributed by atoms with Crippen LogP contribution in [0.2, 0.25) is 0 Å². The second kappa shape index (κ2) is 9.34. The second-order valence-electron chi connectivity index (χ2n) is 8.01. The van der Waals surface area contributed by atoms with E-state index in [0.717, 1.165) is 51.3 Å². The lowest BCUT2D eigenvalue weighted by Gasteiger charge is -2.32. The highest BCUT2D eigenvalue weighted by atomic mass is 16.1. The van der Waals surface area contributed by atoms with Gasteiger partial charge in [-0.05, 0) is 32.0 Å². The van der Waals surface area contributed by atoms with Crippen LogP contribution in [-0.4, -0.2) is 70.0 Å². The number of amides is 1. The standard InChI is InChI=1S/C21H30N8O/c1-3-17-24-20(27-21(26-17)29-13-11-28(2)12-14-29)25-18-10-6-9-16(23-18)19(30)22-15-7-4-5-8-15/h6,9-10,15H,3-5,7-8,11-14H2,1-2H3,(H,22,30)(H,23,24,25,26,27). The number of carbonyl (C=O) groups excluding carboxylic acids is 1. The van der Waals surface area contributed by atoms with Crippen molar-refractivity contribution in [2.24, 2.45) is 0 Å². The number of aromatic nitrogens is 4. The largest absolute Gasteiger partial charge is 0.348 e. The van der Waals surface area contributed by atoms with Crippen LogP contribution in [0.4, 0.5) is 17.7 Å². The molecule has 160 valence electrons. The van der Waals surface area contributed by atoms with Crippen molar-refractivity contribution in [1.82, 2.24) is 30.2 Å². The number of carbonyl (C=O) groups is 1. The highest BCUT2D eigenvalue weighted by Gasteiger charge is 2.20. The summed E-state index contributed by atoms with van der Waals surface area (Å²) in [5.41, 5.74) is 0.399. The van der Waals surface area contributed by atoms with Gasteiger partial charge in [0.15, 0.2) is 0 Å². The highest BCUT2D eigenvalue weighted by molar-refractivity contribution is 5.92. The molecule has 2 N–H and O–H groups in total. The Morgan fingerprint density at radius 3 is 2.57 bits per heavy atom. The minimum absolute atomic E-state index is 0.131. The maximum absolute atomic E-state index is 12.5. The number of piperazine rings is 1. The van der Waals surface area contributed by atoms with E-state index in [0.29, 0.717) is 23.4 Å². The molecule has 1 amide bonds. The predicted octanol–water partition coefficient (Wildman–Crippen LogP) is 2.00. The Hall–Kier alpha value is -2.81. The molecule has 0 spiro atoms. The molecule has 0 bridgehead atoms. The van der Waals surface area contributed by atoms with E-state index in [-0.39, 0.29) is 11.9 Å². The van der Waals surface area contributed by atoms with Crippen LogP contribution in [0, 0.1) is 0 Å². The molecule has 3 heterocycles. The fraction of sp³-hybridized carbons (Fsp3) is 0.571. The van der Waals surface area contributed by atoms with Gasteiger partial charge in [0.2, 0.25) is 11.9 Å². The Balaban J connectivity index is 1.49. The number of rotatable bonds is 6. The molecule has 0 atom stereocenters. The zero-order valence-corrected chi connectivity index (χ0v) is 17.8. The summed E-state index contributed by atoms with van der Waals surface area (Å²) in [4.78, 5) is 35.2. The summed E-state index contributed by atoms with van der Waals surface area (Å²) in [5.74, 6) is 2.29. The van der Waals surface area contributed by atoms with Crippen LogP contribution in [-0.2, 0) is 6.42 Å². The summed E-state index contributed by atoms with van der Waals surface area (Å²) >= 11 is 0. The van der Waals surface area contributed by atoms with Crippen LogP contribution < -0.4 is 15.5 Å². The number of pyridine rings is 1. The molecular weight excluding hydrogens is 380 g/mol. The van der Waals surface area contributed by atoms with Crippen LogP contribution in [0.25, 0.3) is 0 Å². The van der Waals surface area contributed by atoms with Gasteiger partial charge < -0.3 is 20.4 Å². The van der Waals surface area contributed by atoms with E-state index < -0.39 is 0 Å². The van der Waals surface area contributed by atoms with Gasteiger partial charge in [-0.25, -0.2) is 4.98 Å². The van der Waals surface area contributed by atoms with Crippen LogP contribution in [0.1, 0.15) is 48.9 Å². The van der Waals surface area contributed by atoms with E-state index in [1.54, 1.807) is 6.07 Å². The summed E-state index contributed by atoms with van der Waals surface area (Å²) < 4.78 is 0. The Labute approximate surface area is 177 Å². The maximum atomic E-state index is 12.5. The lowest BCUT2D eigenvalue weighted by molar-refractivity contribution is 0.0933. The second-order valence-corrected chi connectivity index (χ2v) is 8.01. The molecule has 2 aliphatic rings. The summed E-state index contributed by atoms with van der Waals surface area (Å²) in [7, 11) is 2.12. The molecule has 4 rings (SSSR count). The molecule has 0 radical (unpaired) electrons.